The molecule has 0 aliphatic heterocycles. The summed E-state index contributed by atoms with van der Waals surface area (Å²) in [6.07, 6.45) is -0.740. The Kier molecular flexibility index (Phi) is 5.20. The van der Waals surface area contributed by atoms with E-state index in [2.05, 4.69) is 0 Å². The van der Waals surface area contributed by atoms with Gasteiger partial charge in [-0.2, -0.15) is 0 Å². The third-order valence-corrected chi connectivity index (χ3v) is 3.37. The Morgan fingerprint density at radius 1 is 0.952 bits per heavy atom. The highest BCUT2D eigenvalue weighted by Gasteiger charge is 2.16. The Morgan fingerprint density at radius 3 is 2.33 bits per heavy atom. The fourth-order valence-corrected chi connectivity index (χ4v) is 2.29. The van der Waals surface area contributed by atoms with Crippen LogP contribution in [0.25, 0.3) is 0 Å². The Bertz CT molecular complexity index is 595. The van der Waals surface area contributed by atoms with Gasteiger partial charge >= 0.3 is 0 Å². The van der Waals surface area contributed by atoms with Crippen LogP contribution in [0.15, 0.2) is 42.5 Å². The highest BCUT2D eigenvalue weighted by molar-refractivity contribution is 5.46. The van der Waals surface area contributed by atoms with E-state index in [9.17, 15) is 5.11 Å². The van der Waals surface area contributed by atoms with E-state index in [0.29, 0.717) is 18.1 Å². The molecule has 112 valence electrons. The Hall–Kier alpha value is -2.04. The predicted molar refractivity (Wildman–Crippen MR) is 80.8 cm³/mol. The molecule has 1 N–H and O–H groups in total. The molecule has 2 rings (SSSR count). The molecule has 21 heavy (non-hydrogen) atoms. The summed E-state index contributed by atoms with van der Waals surface area (Å²) in [7, 11) is 4.80. The number of aliphatic hydroxyl groups is 1. The fraction of sp³-hybridized carbons (Fsp3) is 0.294. The summed E-state index contributed by atoms with van der Waals surface area (Å²) >= 11 is 0. The predicted octanol–water partition coefficient (Wildman–Crippen LogP) is 2.93. The molecule has 0 aliphatic rings. The minimum Gasteiger partial charge on any atom is -0.493 e. The Labute approximate surface area is 124 Å². The van der Waals surface area contributed by atoms with Crippen molar-refractivity contribution in [3.05, 3.63) is 59.2 Å². The summed E-state index contributed by atoms with van der Waals surface area (Å²) in [5.74, 6) is 1.23. The Morgan fingerprint density at radius 2 is 1.67 bits per heavy atom. The first-order valence-corrected chi connectivity index (χ1v) is 6.68. The number of hydrogen-bond donors (Lipinski definition) is 1. The second-order valence-corrected chi connectivity index (χ2v) is 4.65. The van der Waals surface area contributed by atoms with Gasteiger partial charge in [0.05, 0.1) is 20.8 Å². The van der Waals surface area contributed by atoms with E-state index < -0.39 is 6.10 Å². The Balaban J connectivity index is 2.38. The maximum Gasteiger partial charge on any atom is 0.161 e. The molecular weight excluding hydrogens is 268 g/mol. The second kappa shape index (κ2) is 7.11. The summed E-state index contributed by atoms with van der Waals surface area (Å²) in [5.41, 5.74) is 2.53. The number of methoxy groups -OCH3 is 3. The summed E-state index contributed by atoms with van der Waals surface area (Å²) < 4.78 is 15.7. The molecule has 0 aromatic heterocycles. The normalized spacial score (nSPS) is 12.0. The van der Waals surface area contributed by atoms with Crippen LogP contribution in [0.5, 0.6) is 11.5 Å². The molecule has 1 unspecified atom stereocenters. The van der Waals surface area contributed by atoms with Crippen molar-refractivity contribution in [2.45, 2.75) is 12.7 Å². The average molecular weight is 288 g/mol. The van der Waals surface area contributed by atoms with Gasteiger partial charge in [-0.25, -0.2) is 0 Å². The lowest BCUT2D eigenvalue weighted by Gasteiger charge is -2.17. The van der Waals surface area contributed by atoms with Crippen molar-refractivity contribution in [3.63, 3.8) is 0 Å². The van der Waals surface area contributed by atoms with E-state index >= 15 is 0 Å². The quantitative estimate of drug-likeness (QED) is 0.888. The van der Waals surface area contributed by atoms with E-state index in [-0.39, 0.29) is 0 Å². The molecule has 0 spiro atoms. The fourth-order valence-electron chi connectivity index (χ4n) is 2.29. The lowest BCUT2D eigenvalue weighted by Crippen LogP contribution is -2.05. The highest BCUT2D eigenvalue weighted by atomic mass is 16.5. The topological polar surface area (TPSA) is 47.9 Å². The van der Waals surface area contributed by atoms with Gasteiger partial charge in [0.25, 0.3) is 0 Å². The van der Waals surface area contributed by atoms with Crippen molar-refractivity contribution >= 4 is 0 Å². The van der Waals surface area contributed by atoms with Gasteiger partial charge in [-0.1, -0.05) is 30.3 Å². The first-order chi connectivity index (χ1) is 10.2. The van der Waals surface area contributed by atoms with Gasteiger partial charge in [0.2, 0.25) is 0 Å². The maximum absolute atomic E-state index is 10.6. The highest BCUT2D eigenvalue weighted by Crippen LogP contribution is 2.33. The van der Waals surface area contributed by atoms with E-state index in [0.717, 1.165) is 16.7 Å². The summed E-state index contributed by atoms with van der Waals surface area (Å²) in [6.45, 7) is 0.459. The third-order valence-electron chi connectivity index (χ3n) is 3.37. The molecule has 0 bridgehead atoms. The SMILES string of the molecule is COCc1ccccc1C(O)c1ccc(OC)c(OC)c1. The lowest BCUT2D eigenvalue weighted by molar-refractivity contribution is 0.176. The van der Waals surface area contributed by atoms with E-state index in [1.54, 1.807) is 33.5 Å². The van der Waals surface area contributed by atoms with Crippen molar-refractivity contribution in [3.8, 4) is 11.5 Å². The molecule has 0 saturated carbocycles. The van der Waals surface area contributed by atoms with Crippen LogP contribution >= 0.6 is 0 Å². The number of ether oxygens (including phenoxy) is 3. The van der Waals surface area contributed by atoms with Crippen LogP contribution in [0.1, 0.15) is 22.8 Å². The zero-order valence-corrected chi connectivity index (χ0v) is 12.5. The lowest BCUT2D eigenvalue weighted by atomic mass is 9.97. The molecule has 0 radical (unpaired) electrons. The monoisotopic (exact) mass is 288 g/mol. The maximum atomic E-state index is 10.6. The number of rotatable bonds is 6. The molecule has 0 aliphatic carbocycles. The molecule has 1 atom stereocenters. The number of hydrogen-bond acceptors (Lipinski definition) is 4. The van der Waals surface area contributed by atoms with E-state index in [1.807, 2.05) is 30.3 Å². The average Bonchev–Trinajstić information content (AvgIpc) is 2.54. The summed E-state index contributed by atoms with van der Waals surface area (Å²) in [6, 6.07) is 13.1. The van der Waals surface area contributed by atoms with Crippen LogP contribution in [-0.4, -0.2) is 26.4 Å². The molecule has 0 saturated heterocycles. The molecule has 0 fully saturated rings. The van der Waals surface area contributed by atoms with Crippen molar-refractivity contribution in [2.24, 2.45) is 0 Å². The smallest absolute Gasteiger partial charge is 0.161 e. The van der Waals surface area contributed by atoms with Crippen LogP contribution in [0.3, 0.4) is 0 Å². The van der Waals surface area contributed by atoms with E-state index in [4.69, 9.17) is 14.2 Å². The van der Waals surface area contributed by atoms with Crippen molar-refractivity contribution < 1.29 is 19.3 Å². The molecule has 2 aromatic carbocycles. The summed E-state index contributed by atoms with van der Waals surface area (Å²) in [5, 5.41) is 10.6. The van der Waals surface area contributed by atoms with E-state index in [1.165, 1.54) is 0 Å². The van der Waals surface area contributed by atoms with Crippen LogP contribution < -0.4 is 9.47 Å². The largest absolute Gasteiger partial charge is 0.493 e. The zero-order chi connectivity index (χ0) is 15.2. The standard InChI is InChI=1S/C17H20O4/c1-19-11-13-6-4-5-7-14(13)17(18)12-8-9-15(20-2)16(10-12)21-3/h4-10,17-18H,11H2,1-3H3. The summed E-state index contributed by atoms with van der Waals surface area (Å²) in [4.78, 5) is 0. The van der Waals surface area contributed by atoms with Crippen molar-refractivity contribution in [1.29, 1.82) is 0 Å². The molecule has 4 nitrogen and oxygen atoms in total. The van der Waals surface area contributed by atoms with Crippen molar-refractivity contribution in [2.75, 3.05) is 21.3 Å². The van der Waals surface area contributed by atoms with Gasteiger partial charge in [0, 0.05) is 7.11 Å². The molecule has 0 amide bonds. The third kappa shape index (κ3) is 3.35. The number of aliphatic hydroxyl groups excluding tert-OH is 1. The molecule has 4 heteroatoms. The van der Waals surface area contributed by atoms with Gasteiger partial charge in [-0.15, -0.1) is 0 Å². The van der Waals surface area contributed by atoms with Gasteiger partial charge in [-0.05, 0) is 28.8 Å². The number of benzene rings is 2. The van der Waals surface area contributed by atoms with Crippen LogP contribution in [0, 0.1) is 0 Å². The van der Waals surface area contributed by atoms with Gasteiger partial charge in [0.15, 0.2) is 11.5 Å². The van der Waals surface area contributed by atoms with Gasteiger partial charge in [0.1, 0.15) is 6.10 Å². The minimum absolute atomic E-state index is 0.459. The van der Waals surface area contributed by atoms with Gasteiger partial charge in [-0.3, -0.25) is 0 Å². The van der Waals surface area contributed by atoms with Crippen LogP contribution in [0.2, 0.25) is 0 Å². The zero-order valence-electron chi connectivity index (χ0n) is 12.5. The molecule has 0 heterocycles. The molecule has 2 aromatic rings. The second-order valence-electron chi connectivity index (χ2n) is 4.65. The molecular formula is C17H20O4. The van der Waals surface area contributed by atoms with Crippen LogP contribution in [0.4, 0.5) is 0 Å². The minimum atomic E-state index is -0.740. The van der Waals surface area contributed by atoms with Gasteiger partial charge < -0.3 is 19.3 Å². The van der Waals surface area contributed by atoms with Crippen molar-refractivity contribution in [1.82, 2.24) is 0 Å². The first-order valence-electron chi connectivity index (χ1n) is 6.68. The van der Waals surface area contributed by atoms with Crippen LogP contribution in [-0.2, 0) is 11.3 Å². The first kappa shape index (κ1) is 15.4.